The zero-order chi connectivity index (χ0) is 14.3. The first-order valence-corrected chi connectivity index (χ1v) is 6.66. The average molecular weight is 281 g/mol. The quantitative estimate of drug-likeness (QED) is 0.787. The summed E-state index contributed by atoms with van der Waals surface area (Å²) in [5.74, 6) is -1.13. The second-order valence-corrected chi connectivity index (χ2v) is 4.75. The van der Waals surface area contributed by atoms with Crippen molar-refractivity contribution in [3.05, 3.63) is 17.0 Å². The predicted molar refractivity (Wildman–Crippen MR) is 72.0 cm³/mol. The minimum atomic E-state index is -0.885. The molecule has 1 amide bonds. The Hall–Kier alpha value is -1.91. The van der Waals surface area contributed by atoms with Gasteiger partial charge < -0.3 is 10.4 Å². The normalized spacial score (nSPS) is 10.2. The van der Waals surface area contributed by atoms with E-state index in [2.05, 4.69) is 5.32 Å². The second-order valence-electron chi connectivity index (χ2n) is 3.84. The molecule has 0 aliphatic rings. The van der Waals surface area contributed by atoms with E-state index in [1.807, 2.05) is 13.0 Å². The fourth-order valence-corrected chi connectivity index (χ4v) is 2.22. The van der Waals surface area contributed by atoms with E-state index in [1.54, 1.807) is 16.3 Å². The standard InChI is InChI=1S/C12H15N3O3S/c1-2-15(5-3-11(17)18)8-10(16)14-12-9(7-13)4-6-19-12/h4,6H,2-3,5,8H2,1H3,(H,14,16)(H,17,18). The molecule has 102 valence electrons. The first kappa shape index (κ1) is 15.1. The Morgan fingerprint density at radius 2 is 2.32 bits per heavy atom. The van der Waals surface area contributed by atoms with E-state index in [0.717, 1.165) is 0 Å². The predicted octanol–water partition coefficient (Wildman–Crippen LogP) is 1.35. The first-order chi connectivity index (χ1) is 9.06. The third-order valence-corrected chi connectivity index (χ3v) is 3.32. The minimum Gasteiger partial charge on any atom is -0.481 e. The molecular weight excluding hydrogens is 266 g/mol. The van der Waals surface area contributed by atoms with Crippen LogP contribution < -0.4 is 5.32 Å². The van der Waals surface area contributed by atoms with E-state index in [0.29, 0.717) is 23.7 Å². The Morgan fingerprint density at radius 1 is 1.58 bits per heavy atom. The van der Waals surface area contributed by atoms with Crippen LogP contribution in [0.4, 0.5) is 5.00 Å². The summed E-state index contributed by atoms with van der Waals surface area (Å²) < 4.78 is 0. The van der Waals surface area contributed by atoms with Crippen LogP contribution in [0.2, 0.25) is 0 Å². The number of carbonyl (C=O) groups is 2. The van der Waals surface area contributed by atoms with Gasteiger partial charge in [0.05, 0.1) is 18.5 Å². The zero-order valence-electron chi connectivity index (χ0n) is 10.5. The number of anilines is 1. The van der Waals surface area contributed by atoms with Crippen LogP contribution in [0.25, 0.3) is 0 Å². The SMILES string of the molecule is CCN(CCC(=O)O)CC(=O)Nc1sccc1C#N. The Kier molecular flexibility index (Phi) is 5.99. The highest BCUT2D eigenvalue weighted by atomic mass is 32.1. The molecule has 0 spiro atoms. The van der Waals surface area contributed by atoms with Crippen LogP contribution in [-0.2, 0) is 9.59 Å². The summed E-state index contributed by atoms with van der Waals surface area (Å²) in [5, 5.41) is 22.4. The lowest BCUT2D eigenvalue weighted by Gasteiger charge is -2.18. The monoisotopic (exact) mass is 281 g/mol. The lowest BCUT2D eigenvalue weighted by molar-refractivity contribution is -0.137. The molecule has 1 heterocycles. The van der Waals surface area contributed by atoms with Gasteiger partial charge in [-0.05, 0) is 18.0 Å². The summed E-state index contributed by atoms with van der Waals surface area (Å²) in [7, 11) is 0. The third-order valence-electron chi connectivity index (χ3n) is 2.49. The highest BCUT2D eigenvalue weighted by Gasteiger charge is 2.12. The van der Waals surface area contributed by atoms with E-state index in [4.69, 9.17) is 10.4 Å². The van der Waals surface area contributed by atoms with Crippen LogP contribution in [0.1, 0.15) is 18.9 Å². The van der Waals surface area contributed by atoms with Gasteiger partial charge in [-0.3, -0.25) is 14.5 Å². The maximum atomic E-state index is 11.8. The Morgan fingerprint density at radius 3 is 2.89 bits per heavy atom. The van der Waals surface area contributed by atoms with Crippen LogP contribution >= 0.6 is 11.3 Å². The number of nitrogens with one attached hydrogen (secondary N) is 1. The number of hydrogen-bond acceptors (Lipinski definition) is 5. The van der Waals surface area contributed by atoms with Crippen LogP contribution in [0, 0.1) is 11.3 Å². The van der Waals surface area contributed by atoms with Gasteiger partial charge in [0.2, 0.25) is 5.91 Å². The average Bonchev–Trinajstić information content (AvgIpc) is 2.81. The summed E-state index contributed by atoms with van der Waals surface area (Å²) in [4.78, 5) is 24.0. The molecule has 19 heavy (non-hydrogen) atoms. The van der Waals surface area contributed by atoms with Gasteiger partial charge in [-0.2, -0.15) is 5.26 Å². The molecular formula is C12H15N3O3S. The lowest BCUT2D eigenvalue weighted by atomic mass is 10.3. The first-order valence-electron chi connectivity index (χ1n) is 5.78. The maximum absolute atomic E-state index is 11.8. The molecule has 6 nitrogen and oxygen atoms in total. The summed E-state index contributed by atoms with van der Waals surface area (Å²) in [6.45, 7) is 2.90. The van der Waals surface area contributed by atoms with Crippen molar-refractivity contribution in [2.45, 2.75) is 13.3 Å². The van der Waals surface area contributed by atoms with Crippen LogP contribution in [0.3, 0.4) is 0 Å². The number of carboxylic acids is 1. The van der Waals surface area contributed by atoms with Gasteiger partial charge in [0.1, 0.15) is 11.1 Å². The fourth-order valence-electron chi connectivity index (χ4n) is 1.47. The number of hydrogen-bond donors (Lipinski definition) is 2. The van der Waals surface area contributed by atoms with Crippen molar-refractivity contribution >= 4 is 28.2 Å². The van der Waals surface area contributed by atoms with Gasteiger partial charge in [-0.1, -0.05) is 6.92 Å². The fraction of sp³-hybridized carbons (Fsp3) is 0.417. The molecule has 0 aliphatic heterocycles. The summed E-state index contributed by atoms with van der Waals surface area (Å²) in [5.41, 5.74) is 0.437. The number of amides is 1. The van der Waals surface area contributed by atoms with E-state index >= 15 is 0 Å². The van der Waals surface area contributed by atoms with Crippen molar-refractivity contribution in [3.8, 4) is 6.07 Å². The van der Waals surface area contributed by atoms with E-state index in [-0.39, 0.29) is 18.9 Å². The largest absolute Gasteiger partial charge is 0.481 e. The summed E-state index contributed by atoms with van der Waals surface area (Å²) in [6, 6.07) is 3.63. The highest BCUT2D eigenvalue weighted by Crippen LogP contribution is 2.21. The topological polar surface area (TPSA) is 93.4 Å². The van der Waals surface area contributed by atoms with Crippen LogP contribution in [0.5, 0.6) is 0 Å². The van der Waals surface area contributed by atoms with Gasteiger partial charge in [0.25, 0.3) is 0 Å². The van der Waals surface area contributed by atoms with Gasteiger partial charge >= 0.3 is 5.97 Å². The molecule has 1 aromatic rings. The molecule has 1 rings (SSSR count). The molecule has 0 atom stereocenters. The number of carbonyl (C=O) groups excluding carboxylic acids is 1. The summed E-state index contributed by atoms with van der Waals surface area (Å²) in [6.07, 6.45) is 0.00354. The van der Waals surface area contributed by atoms with Crippen molar-refractivity contribution in [3.63, 3.8) is 0 Å². The number of aliphatic carboxylic acids is 1. The highest BCUT2D eigenvalue weighted by molar-refractivity contribution is 7.14. The molecule has 0 saturated heterocycles. The molecule has 7 heteroatoms. The molecule has 0 unspecified atom stereocenters. The van der Waals surface area contributed by atoms with Crippen molar-refractivity contribution < 1.29 is 14.7 Å². The van der Waals surface area contributed by atoms with Crippen molar-refractivity contribution in [1.29, 1.82) is 5.26 Å². The van der Waals surface area contributed by atoms with Gasteiger partial charge in [0.15, 0.2) is 0 Å². The minimum absolute atomic E-state index is 0.00354. The molecule has 0 fully saturated rings. The lowest BCUT2D eigenvalue weighted by Crippen LogP contribution is -2.34. The number of nitriles is 1. The molecule has 0 bridgehead atoms. The van der Waals surface area contributed by atoms with Gasteiger partial charge in [-0.25, -0.2) is 0 Å². The maximum Gasteiger partial charge on any atom is 0.304 e. The molecule has 1 aromatic heterocycles. The molecule has 2 N–H and O–H groups in total. The van der Waals surface area contributed by atoms with Crippen LogP contribution in [0.15, 0.2) is 11.4 Å². The number of nitrogens with zero attached hydrogens (tertiary/aromatic N) is 2. The molecule has 0 aliphatic carbocycles. The Labute approximate surface area is 115 Å². The Bertz CT molecular complexity index is 493. The van der Waals surface area contributed by atoms with Gasteiger partial charge in [0, 0.05) is 6.54 Å². The zero-order valence-corrected chi connectivity index (χ0v) is 11.4. The van der Waals surface area contributed by atoms with Crippen molar-refractivity contribution in [2.24, 2.45) is 0 Å². The molecule has 0 radical (unpaired) electrons. The number of thiophene rings is 1. The van der Waals surface area contributed by atoms with E-state index in [1.165, 1.54) is 11.3 Å². The van der Waals surface area contributed by atoms with Crippen molar-refractivity contribution in [2.75, 3.05) is 25.0 Å². The van der Waals surface area contributed by atoms with E-state index in [9.17, 15) is 9.59 Å². The van der Waals surface area contributed by atoms with Crippen molar-refractivity contribution in [1.82, 2.24) is 4.90 Å². The third kappa shape index (κ3) is 5.07. The number of rotatable bonds is 7. The molecule has 0 aromatic carbocycles. The Balaban J connectivity index is 2.49. The molecule has 0 saturated carbocycles. The number of likely N-dealkylation sites (N-methyl/N-ethyl adjacent to an activating group) is 1. The number of carboxylic acid groups (broad SMARTS) is 1. The van der Waals surface area contributed by atoms with E-state index < -0.39 is 5.97 Å². The second kappa shape index (κ2) is 7.51. The smallest absolute Gasteiger partial charge is 0.304 e. The summed E-state index contributed by atoms with van der Waals surface area (Å²) >= 11 is 1.29. The van der Waals surface area contributed by atoms with Gasteiger partial charge in [-0.15, -0.1) is 11.3 Å². The van der Waals surface area contributed by atoms with Crippen LogP contribution in [-0.4, -0.2) is 41.5 Å².